The largest absolute Gasteiger partial charge is 0.464 e. The van der Waals surface area contributed by atoms with E-state index in [1.54, 1.807) is 18.0 Å². The van der Waals surface area contributed by atoms with Gasteiger partial charge in [-0.25, -0.2) is 5.48 Å². The van der Waals surface area contributed by atoms with E-state index in [1.807, 2.05) is 24.3 Å². The fraction of sp³-hybridized carbons (Fsp3) is 0.211. The minimum absolute atomic E-state index is 0.375. The molecule has 2 aromatic carbocycles. The molecule has 0 amide bonds. The number of hydrogen-bond donors (Lipinski definition) is 2. The SMILES string of the molecule is CCCNC(=S)NOCc1coc2ccc(Sc3ccccc3)cc12. The summed E-state index contributed by atoms with van der Waals surface area (Å²) in [5.41, 5.74) is 4.58. The maximum absolute atomic E-state index is 5.61. The molecule has 0 radical (unpaired) electrons. The molecular formula is C19H20N2O2S2. The van der Waals surface area contributed by atoms with Gasteiger partial charge in [-0.05, 0) is 49.0 Å². The number of rotatable bonds is 7. The highest BCUT2D eigenvalue weighted by molar-refractivity contribution is 7.99. The fourth-order valence-corrected chi connectivity index (χ4v) is 3.35. The van der Waals surface area contributed by atoms with E-state index in [-0.39, 0.29) is 0 Å². The highest BCUT2D eigenvalue weighted by Gasteiger charge is 2.08. The molecule has 0 bridgehead atoms. The zero-order valence-electron chi connectivity index (χ0n) is 14.0. The lowest BCUT2D eigenvalue weighted by Gasteiger charge is -2.09. The monoisotopic (exact) mass is 372 g/mol. The summed E-state index contributed by atoms with van der Waals surface area (Å²) >= 11 is 6.85. The van der Waals surface area contributed by atoms with E-state index in [1.165, 1.54) is 4.90 Å². The smallest absolute Gasteiger partial charge is 0.190 e. The number of fused-ring (bicyclic) bond motifs is 1. The highest BCUT2D eigenvalue weighted by Crippen LogP contribution is 2.32. The number of hydroxylamine groups is 1. The predicted octanol–water partition coefficient (Wildman–Crippen LogP) is 4.89. The average molecular weight is 373 g/mol. The average Bonchev–Trinajstić information content (AvgIpc) is 3.03. The van der Waals surface area contributed by atoms with Gasteiger partial charge in [0.25, 0.3) is 0 Å². The van der Waals surface area contributed by atoms with Crippen molar-refractivity contribution in [2.24, 2.45) is 0 Å². The van der Waals surface area contributed by atoms with Gasteiger partial charge < -0.3 is 9.73 Å². The van der Waals surface area contributed by atoms with Gasteiger partial charge in [-0.3, -0.25) is 4.84 Å². The molecule has 25 heavy (non-hydrogen) atoms. The normalized spacial score (nSPS) is 10.8. The van der Waals surface area contributed by atoms with Crippen molar-refractivity contribution in [2.45, 2.75) is 29.7 Å². The molecule has 0 saturated carbocycles. The Labute approximate surface area is 156 Å². The van der Waals surface area contributed by atoms with Crippen molar-refractivity contribution in [1.29, 1.82) is 0 Å². The number of benzene rings is 2. The Morgan fingerprint density at radius 1 is 1.16 bits per heavy atom. The summed E-state index contributed by atoms with van der Waals surface area (Å²) in [6.07, 6.45) is 2.74. The Balaban J connectivity index is 1.65. The Hall–Kier alpha value is -2.02. The van der Waals surface area contributed by atoms with E-state index in [0.717, 1.165) is 34.4 Å². The second kappa shape index (κ2) is 8.89. The molecule has 130 valence electrons. The van der Waals surface area contributed by atoms with Gasteiger partial charge in [0, 0.05) is 27.3 Å². The molecule has 3 aromatic rings. The summed E-state index contributed by atoms with van der Waals surface area (Å²) in [5.74, 6) is 0. The first-order valence-corrected chi connectivity index (χ1v) is 9.37. The molecule has 0 unspecified atom stereocenters. The lowest BCUT2D eigenvalue weighted by molar-refractivity contribution is 0.0709. The lowest BCUT2D eigenvalue weighted by Crippen LogP contribution is -2.35. The molecule has 6 heteroatoms. The summed E-state index contributed by atoms with van der Waals surface area (Å²) in [7, 11) is 0. The summed E-state index contributed by atoms with van der Waals surface area (Å²) < 4.78 is 5.61. The molecule has 1 aromatic heterocycles. The predicted molar refractivity (Wildman–Crippen MR) is 106 cm³/mol. The van der Waals surface area contributed by atoms with Crippen molar-refractivity contribution in [3.63, 3.8) is 0 Å². The van der Waals surface area contributed by atoms with Gasteiger partial charge >= 0.3 is 0 Å². The van der Waals surface area contributed by atoms with Crippen LogP contribution in [0, 0.1) is 0 Å². The third-order valence-corrected chi connectivity index (χ3v) is 4.76. The van der Waals surface area contributed by atoms with Crippen LogP contribution < -0.4 is 10.8 Å². The molecule has 0 aliphatic heterocycles. The van der Waals surface area contributed by atoms with E-state index in [9.17, 15) is 0 Å². The zero-order valence-corrected chi connectivity index (χ0v) is 15.6. The van der Waals surface area contributed by atoms with Crippen LogP contribution in [0.25, 0.3) is 11.0 Å². The molecule has 1 heterocycles. The van der Waals surface area contributed by atoms with E-state index in [0.29, 0.717) is 11.7 Å². The molecule has 0 fully saturated rings. The van der Waals surface area contributed by atoms with Crippen molar-refractivity contribution < 1.29 is 9.25 Å². The summed E-state index contributed by atoms with van der Waals surface area (Å²) in [4.78, 5) is 7.85. The lowest BCUT2D eigenvalue weighted by atomic mass is 10.2. The first-order chi connectivity index (χ1) is 12.3. The molecule has 0 atom stereocenters. The van der Waals surface area contributed by atoms with Gasteiger partial charge in [0.1, 0.15) is 12.2 Å². The molecule has 4 nitrogen and oxygen atoms in total. The van der Waals surface area contributed by atoms with Crippen LogP contribution in [0.3, 0.4) is 0 Å². The number of thiocarbonyl (C=S) groups is 1. The third-order valence-electron chi connectivity index (χ3n) is 3.53. The first-order valence-electron chi connectivity index (χ1n) is 8.15. The summed E-state index contributed by atoms with van der Waals surface area (Å²) in [6, 6.07) is 16.5. The summed E-state index contributed by atoms with van der Waals surface area (Å²) in [6.45, 7) is 3.28. The Morgan fingerprint density at radius 3 is 2.80 bits per heavy atom. The molecule has 0 saturated heterocycles. The highest BCUT2D eigenvalue weighted by atomic mass is 32.2. The molecular weight excluding hydrogens is 352 g/mol. The molecule has 0 spiro atoms. The maximum atomic E-state index is 5.61. The molecule has 0 aliphatic carbocycles. The van der Waals surface area contributed by atoms with Crippen LogP contribution in [-0.4, -0.2) is 11.7 Å². The minimum atomic E-state index is 0.375. The van der Waals surface area contributed by atoms with Crippen LogP contribution in [0.4, 0.5) is 0 Å². The second-order valence-corrected chi connectivity index (χ2v) is 7.04. The topological polar surface area (TPSA) is 46.4 Å². The van der Waals surface area contributed by atoms with Gasteiger partial charge in [0.2, 0.25) is 0 Å². The first kappa shape index (κ1) is 17.8. The van der Waals surface area contributed by atoms with Crippen LogP contribution >= 0.6 is 24.0 Å². The second-order valence-electron chi connectivity index (χ2n) is 5.48. The van der Waals surface area contributed by atoms with Crippen molar-refractivity contribution in [3.8, 4) is 0 Å². The molecule has 0 aliphatic rings. The van der Waals surface area contributed by atoms with E-state index >= 15 is 0 Å². The van der Waals surface area contributed by atoms with Crippen molar-refractivity contribution in [1.82, 2.24) is 10.8 Å². The molecule has 3 rings (SSSR count). The van der Waals surface area contributed by atoms with Gasteiger partial charge in [0.15, 0.2) is 5.11 Å². The summed E-state index contributed by atoms with van der Waals surface area (Å²) in [5, 5.41) is 4.60. The number of furan rings is 1. The van der Waals surface area contributed by atoms with E-state index in [4.69, 9.17) is 21.5 Å². The number of hydrogen-bond acceptors (Lipinski definition) is 4. The van der Waals surface area contributed by atoms with Gasteiger partial charge in [-0.2, -0.15) is 0 Å². The van der Waals surface area contributed by atoms with Crippen LogP contribution in [0.15, 0.2) is 69.0 Å². The standard InChI is InChI=1S/C19H20N2O2S2/c1-2-10-20-19(24)21-23-13-14-12-22-18-9-8-16(11-17(14)18)25-15-6-4-3-5-7-15/h3-9,11-12H,2,10,13H2,1H3,(H2,20,21,24). The number of nitrogens with one attached hydrogen (secondary N) is 2. The minimum Gasteiger partial charge on any atom is -0.464 e. The third kappa shape index (κ3) is 4.98. The van der Waals surface area contributed by atoms with Crippen LogP contribution in [0.5, 0.6) is 0 Å². The van der Waals surface area contributed by atoms with Gasteiger partial charge in [0.05, 0.1) is 6.26 Å². The van der Waals surface area contributed by atoms with Crippen molar-refractivity contribution in [3.05, 3.63) is 60.4 Å². The fourth-order valence-electron chi connectivity index (χ4n) is 2.31. The van der Waals surface area contributed by atoms with E-state index < -0.39 is 0 Å². The van der Waals surface area contributed by atoms with Gasteiger partial charge in [-0.15, -0.1) is 0 Å². The van der Waals surface area contributed by atoms with Crippen LogP contribution in [0.1, 0.15) is 18.9 Å². The quantitative estimate of drug-likeness (QED) is 0.455. The Morgan fingerprint density at radius 2 is 2.00 bits per heavy atom. The Kier molecular flexibility index (Phi) is 6.33. The maximum Gasteiger partial charge on any atom is 0.190 e. The zero-order chi connectivity index (χ0) is 17.5. The van der Waals surface area contributed by atoms with Crippen molar-refractivity contribution >= 4 is 40.1 Å². The molecule has 2 N–H and O–H groups in total. The van der Waals surface area contributed by atoms with Crippen LogP contribution in [0.2, 0.25) is 0 Å². The Bertz CT molecular complexity index is 834. The van der Waals surface area contributed by atoms with Gasteiger partial charge in [-0.1, -0.05) is 36.9 Å². The van der Waals surface area contributed by atoms with Crippen molar-refractivity contribution in [2.75, 3.05) is 6.54 Å². The van der Waals surface area contributed by atoms with Crippen LogP contribution in [-0.2, 0) is 11.4 Å². The van der Waals surface area contributed by atoms with E-state index in [2.05, 4.69) is 42.0 Å².